The molecule has 1 aromatic heterocycles. The van der Waals surface area contributed by atoms with Crippen molar-refractivity contribution in [2.75, 3.05) is 13.6 Å². The lowest BCUT2D eigenvalue weighted by Crippen LogP contribution is -2.10. The van der Waals surface area contributed by atoms with Crippen LogP contribution in [0.2, 0.25) is 5.02 Å². The molecular weight excluding hydrogens is 258 g/mol. The van der Waals surface area contributed by atoms with E-state index in [4.69, 9.17) is 11.6 Å². The van der Waals surface area contributed by atoms with Crippen molar-refractivity contribution >= 4 is 11.6 Å². The van der Waals surface area contributed by atoms with Gasteiger partial charge >= 0.3 is 0 Å². The second-order valence-electron chi connectivity index (χ2n) is 4.81. The molecule has 19 heavy (non-hydrogen) atoms. The van der Waals surface area contributed by atoms with Crippen LogP contribution in [0, 0.1) is 13.8 Å². The van der Waals surface area contributed by atoms with E-state index in [1.54, 1.807) is 0 Å². The molecule has 0 atom stereocenters. The van der Waals surface area contributed by atoms with Crippen molar-refractivity contribution in [1.29, 1.82) is 0 Å². The zero-order valence-electron chi connectivity index (χ0n) is 11.7. The Morgan fingerprint density at radius 3 is 2.32 bits per heavy atom. The van der Waals surface area contributed by atoms with Gasteiger partial charge < -0.3 is 5.32 Å². The van der Waals surface area contributed by atoms with E-state index in [0.717, 1.165) is 35.9 Å². The molecule has 1 N–H and O–H groups in total. The summed E-state index contributed by atoms with van der Waals surface area (Å²) in [7, 11) is 1.97. The van der Waals surface area contributed by atoms with E-state index in [1.165, 1.54) is 11.1 Å². The summed E-state index contributed by atoms with van der Waals surface area (Å²) in [5.74, 6) is 0. The zero-order chi connectivity index (χ0) is 13.8. The maximum absolute atomic E-state index is 6.16. The molecule has 0 bridgehead atoms. The number of halogens is 1. The quantitative estimate of drug-likeness (QED) is 0.911. The summed E-state index contributed by atoms with van der Waals surface area (Å²) in [6, 6.07) is 8.69. The first-order chi connectivity index (χ1) is 9.11. The highest BCUT2D eigenvalue weighted by molar-refractivity contribution is 6.31. The molecule has 0 saturated carbocycles. The molecule has 1 heterocycles. The van der Waals surface area contributed by atoms with Crippen molar-refractivity contribution in [3.8, 4) is 0 Å². The van der Waals surface area contributed by atoms with Gasteiger partial charge in [-0.2, -0.15) is 5.10 Å². The highest BCUT2D eigenvalue weighted by Crippen LogP contribution is 2.19. The van der Waals surface area contributed by atoms with Crippen LogP contribution in [-0.4, -0.2) is 23.4 Å². The Morgan fingerprint density at radius 2 is 1.79 bits per heavy atom. The molecule has 0 aliphatic rings. The Morgan fingerprint density at radius 1 is 1.16 bits per heavy atom. The average molecular weight is 278 g/mol. The number of rotatable bonds is 5. The van der Waals surface area contributed by atoms with Gasteiger partial charge in [0.25, 0.3) is 0 Å². The number of aromatic nitrogens is 2. The van der Waals surface area contributed by atoms with Crippen LogP contribution in [0.1, 0.15) is 22.5 Å². The summed E-state index contributed by atoms with van der Waals surface area (Å²) in [5, 5.41) is 8.38. The molecule has 0 unspecified atom stereocenters. The first-order valence-electron chi connectivity index (χ1n) is 6.53. The fraction of sp³-hybridized carbons (Fsp3) is 0.400. The van der Waals surface area contributed by atoms with E-state index in [1.807, 2.05) is 25.6 Å². The van der Waals surface area contributed by atoms with E-state index in [9.17, 15) is 0 Å². The molecule has 4 heteroatoms. The van der Waals surface area contributed by atoms with Gasteiger partial charge in [0, 0.05) is 0 Å². The number of aryl methyl sites for hydroxylation is 1. The average Bonchev–Trinajstić information content (AvgIpc) is 2.66. The molecule has 3 nitrogen and oxygen atoms in total. The third kappa shape index (κ3) is 3.37. The van der Waals surface area contributed by atoms with Gasteiger partial charge in [-0.05, 0) is 45.0 Å². The third-order valence-electron chi connectivity index (χ3n) is 3.31. The SMILES string of the molecule is CNCCc1ccc(Cn2nc(C)c(Cl)c2C)cc1. The molecule has 2 rings (SSSR count). The number of benzene rings is 1. The first-order valence-corrected chi connectivity index (χ1v) is 6.91. The van der Waals surface area contributed by atoms with Crippen LogP contribution < -0.4 is 5.32 Å². The van der Waals surface area contributed by atoms with Gasteiger partial charge in [0.2, 0.25) is 0 Å². The molecule has 0 spiro atoms. The first kappa shape index (κ1) is 14.1. The number of hydrogen-bond donors (Lipinski definition) is 1. The number of nitrogens with one attached hydrogen (secondary N) is 1. The van der Waals surface area contributed by atoms with Gasteiger partial charge in [-0.15, -0.1) is 0 Å². The second-order valence-corrected chi connectivity index (χ2v) is 5.19. The second kappa shape index (κ2) is 6.22. The van der Waals surface area contributed by atoms with Crippen LogP contribution in [0.4, 0.5) is 0 Å². The minimum Gasteiger partial charge on any atom is -0.319 e. The normalized spacial score (nSPS) is 10.9. The van der Waals surface area contributed by atoms with Crippen molar-refractivity contribution in [1.82, 2.24) is 15.1 Å². The maximum atomic E-state index is 6.16. The summed E-state index contributed by atoms with van der Waals surface area (Å²) >= 11 is 6.16. The van der Waals surface area contributed by atoms with Gasteiger partial charge in [-0.1, -0.05) is 35.9 Å². The van der Waals surface area contributed by atoms with Gasteiger partial charge in [0.15, 0.2) is 0 Å². The van der Waals surface area contributed by atoms with Crippen molar-refractivity contribution < 1.29 is 0 Å². The summed E-state index contributed by atoms with van der Waals surface area (Å²) in [5.41, 5.74) is 4.52. The van der Waals surface area contributed by atoms with Crippen LogP contribution in [0.3, 0.4) is 0 Å². The van der Waals surface area contributed by atoms with Crippen LogP contribution >= 0.6 is 11.6 Å². The van der Waals surface area contributed by atoms with E-state index in [0.29, 0.717) is 0 Å². The fourth-order valence-electron chi connectivity index (χ4n) is 2.08. The third-order valence-corrected chi connectivity index (χ3v) is 3.86. The Labute approximate surface area is 119 Å². The molecule has 0 radical (unpaired) electrons. The lowest BCUT2D eigenvalue weighted by Gasteiger charge is -2.06. The molecule has 0 aliphatic carbocycles. The molecule has 0 amide bonds. The topological polar surface area (TPSA) is 29.9 Å². The monoisotopic (exact) mass is 277 g/mol. The fourth-order valence-corrected chi connectivity index (χ4v) is 2.22. The predicted molar refractivity (Wildman–Crippen MR) is 79.9 cm³/mol. The van der Waals surface area contributed by atoms with Crippen LogP contribution in [-0.2, 0) is 13.0 Å². The highest BCUT2D eigenvalue weighted by Gasteiger charge is 2.09. The Hall–Kier alpha value is -1.32. The Bertz CT molecular complexity index is 543. The van der Waals surface area contributed by atoms with Crippen molar-refractivity contribution in [3.05, 3.63) is 51.8 Å². The molecule has 0 fully saturated rings. The number of likely N-dealkylation sites (N-methyl/N-ethyl adjacent to an activating group) is 1. The van der Waals surface area contributed by atoms with Crippen molar-refractivity contribution in [2.24, 2.45) is 0 Å². The van der Waals surface area contributed by atoms with Gasteiger partial charge in [-0.25, -0.2) is 0 Å². The number of nitrogens with zero attached hydrogens (tertiary/aromatic N) is 2. The lowest BCUT2D eigenvalue weighted by atomic mass is 10.1. The number of hydrogen-bond acceptors (Lipinski definition) is 2. The van der Waals surface area contributed by atoms with Crippen LogP contribution in [0.5, 0.6) is 0 Å². The van der Waals surface area contributed by atoms with Crippen LogP contribution in [0.25, 0.3) is 0 Å². The van der Waals surface area contributed by atoms with Gasteiger partial charge in [-0.3, -0.25) is 4.68 Å². The molecule has 0 aliphatic heterocycles. The largest absolute Gasteiger partial charge is 0.319 e. The molecule has 0 saturated heterocycles. The molecule has 1 aromatic carbocycles. The summed E-state index contributed by atoms with van der Waals surface area (Å²) in [6.07, 6.45) is 1.06. The van der Waals surface area contributed by atoms with Crippen molar-refractivity contribution in [2.45, 2.75) is 26.8 Å². The maximum Gasteiger partial charge on any atom is 0.0844 e. The smallest absolute Gasteiger partial charge is 0.0844 e. The minimum atomic E-state index is 0.769. The molecule has 102 valence electrons. The van der Waals surface area contributed by atoms with Crippen LogP contribution in [0.15, 0.2) is 24.3 Å². The standard InChI is InChI=1S/C15H20ClN3/c1-11-15(16)12(2)19(18-11)10-14-6-4-13(5-7-14)8-9-17-3/h4-7,17H,8-10H2,1-3H3. The molecule has 2 aromatic rings. The van der Waals surface area contributed by atoms with E-state index in [2.05, 4.69) is 34.7 Å². The highest BCUT2D eigenvalue weighted by atomic mass is 35.5. The Kier molecular flexibility index (Phi) is 4.61. The van der Waals surface area contributed by atoms with E-state index >= 15 is 0 Å². The summed E-state index contributed by atoms with van der Waals surface area (Å²) in [6.45, 7) is 5.72. The summed E-state index contributed by atoms with van der Waals surface area (Å²) < 4.78 is 1.96. The Balaban J connectivity index is 2.08. The predicted octanol–water partition coefficient (Wildman–Crippen LogP) is 2.96. The van der Waals surface area contributed by atoms with Gasteiger partial charge in [0.05, 0.1) is 23.0 Å². The van der Waals surface area contributed by atoms with E-state index < -0.39 is 0 Å². The zero-order valence-corrected chi connectivity index (χ0v) is 12.5. The van der Waals surface area contributed by atoms with Crippen molar-refractivity contribution in [3.63, 3.8) is 0 Å². The summed E-state index contributed by atoms with van der Waals surface area (Å²) in [4.78, 5) is 0. The minimum absolute atomic E-state index is 0.769. The van der Waals surface area contributed by atoms with E-state index in [-0.39, 0.29) is 0 Å². The molecular formula is C15H20ClN3. The van der Waals surface area contributed by atoms with Gasteiger partial charge in [0.1, 0.15) is 0 Å². The lowest BCUT2D eigenvalue weighted by molar-refractivity contribution is 0.658.